The van der Waals surface area contributed by atoms with E-state index < -0.39 is 9.84 Å². The molecule has 100 valence electrons. The van der Waals surface area contributed by atoms with Gasteiger partial charge in [0, 0.05) is 18.8 Å². The zero-order chi connectivity index (χ0) is 13.6. The molecule has 0 saturated heterocycles. The normalized spacial score (nSPS) is 13.1. The van der Waals surface area contributed by atoms with Gasteiger partial charge < -0.3 is 5.32 Å². The molecule has 1 atom stereocenters. The van der Waals surface area contributed by atoms with E-state index in [0.29, 0.717) is 6.54 Å². The van der Waals surface area contributed by atoms with Crippen molar-refractivity contribution < 1.29 is 8.42 Å². The quantitative estimate of drug-likeness (QED) is 0.805. The molecule has 18 heavy (non-hydrogen) atoms. The summed E-state index contributed by atoms with van der Waals surface area (Å²) in [7, 11) is -3.01. The van der Waals surface area contributed by atoms with E-state index in [-0.39, 0.29) is 11.8 Å². The maximum Gasteiger partial charge on any atom is 0.149 e. The third-order valence-electron chi connectivity index (χ3n) is 2.55. The summed E-state index contributed by atoms with van der Waals surface area (Å²) in [5.41, 5.74) is 2.22. The zero-order valence-corrected chi connectivity index (χ0v) is 12.0. The van der Waals surface area contributed by atoms with Crippen LogP contribution in [0, 0.1) is 0 Å². The Bertz CT molecular complexity index is 488. The van der Waals surface area contributed by atoms with Crippen LogP contribution in [0.4, 0.5) is 0 Å². The number of nitrogens with one attached hydrogen (secondary N) is 1. The van der Waals surface area contributed by atoms with Gasteiger partial charge in [0.15, 0.2) is 0 Å². The molecule has 0 fully saturated rings. The Morgan fingerprint density at radius 3 is 2.39 bits per heavy atom. The van der Waals surface area contributed by atoms with E-state index >= 15 is 0 Å². The van der Waals surface area contributed by atoms with Crippen molar-refractivity contribution in [3.05, 3.63) is 47.5 Å². The second kappa shape index (κ2) is 6.71. The molecule has 0 heterocycles. The molecule has 0 aliphatic carbocycles. The van der Waals surface area contributed by atoms with E-state index in [1.165, 1.54) is 11.8 Å². The van der Waals surface area contributed by atoms with Crippen LogP contribution in [0.15, 0.2) is 42.0 Å². The monoisotopic (exact) mass is 267 g/mol. The maximum absolute atomic E-state index is 11.5. The van der Waals surface area contributed by atoms with Crippen molar-refractivity contribution in [3.8, 4) is 0 Å². The first-order chi connectivity index (χ1) is 8.38. The maximum atomic E-state index is 11.5. The number of benzene rings is 1. The van der Waals surface area contributed by atoms with Crippen molar-refractivity contribution in [1.29, 1.82) is 0 Å². The summed E-state index contributed by atoms with van der Waals surface area (Å²) in [5, 5.41) is 3.27. The van der Waals surface area contributed by atoms with Crippen LogP contribution in [0.3, 0.4) is 0 Å². The molecule has 0 aromatic heterocycles. The smallest absolute Gasteiger partial charge is 0.149 e. The highest BCUT2D eigenvalue weighted by atomic mass is 32.2. The van der Waals surface area contributed by atoms with Crippen LogP contribution in [0.25, 0.3) is 0 Å². The Labute approximate surface area is 110 Å². The van der Waals surface area contributed by atoms with Gasteiger partial charge in [-0.1, -0.05) is 42.0 Å². The number of sulfone groups is 1. The first-order valence-electron chi connectivity index (χ1n) is 5.98. The van der Waals surface area contributed by atoms with E-state index in [9.17, 15) is 8.42 Å². The molecule has 0 spiro atoms. The molecule has 1 N–H and O–H groups in total. The summed E-state index contributed by atoms with van der Waals surface area (Å²) in [6, 6.07) is 9.52. The van der Waals surface area contributed by atoms with Gasteiger partial charge >= 0.3 is 0 Å². The number of hydrogen-bond donors (Lipinski definition) is 1. The van der Waals surface area contributed by atoms with Crippen molar-refractivity contribution in [2.24, 2.45) is 0 Å². The summed E-state index contributed by atoms with van der Waals surface area (Å²) in [6.45, 7) is 4.73. The number of allylic oxidation sites excluding steroid dienone is 1. The molecule has 0 saturated carbocycles. The molecule has 0 amide bonds. The van der Waals surface area contributed by atoms with E-state index in [1.54, 1.807) is 0 Å². The second-order valence-corrected chi connectivity index (χ2v) is 6.93. The van der Waals surface area contributed by atoms with Gasteiger partial charge in [0.2, 0.25) is 0 Å². The molecule has 0 radical (unpaired) electrons. The van der Waals surface area contributed by atoms with Crippen LogP contribution in [0.2, 0.25) is 0 Å². The molecular weight excluding hydrogens is 246 g/mol. The molecular formula is C14H21NO2S. The zero-order valence-electron chi connectivity index (χ0n) is 11.2. The Kier molecular flexibility index (Phi) is 5.56. The average Bonchev–Trinajstić information content (AvgIpc) is 2.27. The lowest BCUT2D eigenvalue weighted by Crippen LogP contribution is -2.28. The van der Waals surface area contributed by atoms with Crippen LogP contribution in [-0.2, 0) is 9.84 Å². The molecule has 3 nitrogen and oxygen atoms in total. The van der Waals surface area contributed by atoms with Crippen molar-refractivity contribution in [3.63, 3.8) is 0 Å². The largest absolute Gasteiger partial charge is 0.306 e. The van der Waals surface area contributed by atoms with Gasteiger partial charge in [-0.3, -0.25) is 0 Å². The van der Waals surface area contributed by atoms with Crippen molar-refractivity contribution in [2.75, 3.05) is 18.6 Å². The fourth-order valence-corrected chi connectivity index (χ4v) is 2.58. The minimum atomic E-state index is -3.01. The summed E-state index contributed by atoms with van der Waals surface area (Å²) in [6.07, 6.45) is 3.32. The highest BCUT2D eigenvalue weighted by Crippen LogP contribution is 2.14. The first-order valence-corrected chi connectivity index (χ1v) is 8.04. The molecule has 0 bridgehead atoms. The predicted octanol–water partition coefficient (Wildman–Crippen LogP) is 2.33. The van der Waals surface area contributed by atoms with Crippen molar-refractivity contribution in [2.45, 2.75) is 19.9 Å². The Morgan fingerprint density at radius 1 is 1.28 bits per heavy atom. The molecule has 1 aromatic rings. The third kappa shape index (κ3) is 5.98. The van der Waals surface area contributed by atoms with Crippen molar-refractivity contribution in [1.82, 2.24) is 5.32 Å². The lowest BCUT2D eigenvalue weighted by Gasteiger charge is -2.17. The Balaban J connectivity index is 2.79. The van der Waals surface area contributed by atoms with Gasteiger partial charge in [-0.15, -0.1) is 0 Å². The highest BCUT2D eigenvalue weighted by molar-refractivity contribution is 7.90. The second-order valence-electron chi connectivity index (χ2n) is 4.75. The fraction of sp³-hybridized carbons (Fsp3) is 0.429. The highest BCUT2D eigenvalue weighted by Gasteiger charge is 2.16. The first kappa shape index (κ1) is 14.9. The standard InChI is InChI=1S/C14H21NO2S/c1-12(2)9-10-15-14(11-18(3,16)17)13-7-5-4-6-8-13/h4-9,14-15H,10-11H2,1-3H3/t14-/m1/s1. The van der Waals surface area contributed by atoms with E-state index in [0.717, 1.165) is 5.56 Å². The van der Waals surface area contributed by atoms with Gasteiger partial charge in [0.1, 0.15) is 9.84 Å². The molecule has 0 aliphatic rings. The lowest BCUT2D eigenvalue weighted by atomic mass is 10.1. The van der Waals surface area contributed by atoms with Gasteiger partial charge in [-0.25, -0.2) is 8.42 Å². The van der Waals surface area contributed by atoms with E-state index in [4.69, 9.17) is 0 Å². The minimum Gasteiger partial charge on any atom is -0.306 e. The van der Waals surface area contributed by atoms with Gasteiger partial charge in [-0.2, -0.15) is 0 Å². The average molecular weight is 267 g/mol. The molecule has 0 aliphatic heterocycles. The molecule has 1 aromatic carbocycles. The Morgan fingerprint density at radius 2 is 1.89 bits per heavy atom. The van der Waals surface area contributed by atoms with Crippen LogP contribution >= 0.6 is 0 Å². The summed E-state index contributed by atoms with van der Waals surface area (Å²) < 4.78 is 22.9. The topological polar surface area (TPSA) is 46.2 Å². The number of hydrogen-bond acceptors (Lipinski definition) is 3. The van der Waals surface area contributed by atoms with Gasteiger partial charge in [0.05, 0.1) is 5.75 Å². The summed E-state index contributed by atoms with van der Waals surface area (Å²) in [4.78, 5) is 0. The predicted molar refractivity (Wildman–Crippen MR) is 76.3 cm³/mol. The van der Waals surface area contributed by atoms with Crippen molar-refractivity contribution >= 4 is 9.84 Å². The van der Waals surface area contributed by atoms with Gasteiger partial charge in [0.25, 0.3) is 0 Å². The van der Waals surface area contributed by atoms with Crippen LogP contribution in [0.5, 0.6) is 0 Å². The Hall–Kier alpha value is -1.13. The summed E-state index contributed by atoms with van der Waals surface area (Å²) >= 11 is 0. The minimum absolute atomic E-state index is 0.119. The fourth-order valence-electron chi connectivity index (χ4n) is 1.67. The number of rotatable bonds is 6. The van der Waals surface area contributed by atoms with Crippen LogP contribution in [-0.4, -0.2) is 27.0 Å². The van der Waals surface area contributed by atoms with E-state index in [2.05, 4.69) is 11.4 Å². The summed E-state index contributed by atoms with van der Waals surface area (Å²) in [5.74, 6) is 0.119. The van der Waals surface area contributed by atoms with Crippen LogP contribution < -0.4 is 5.32 Å². The van der Waals surface area contributed by atoms with Crippen LogP contribution in [0.1, 0.15) is 25.5 Å². The van der Waals surface area contributed by atoms with E-state index in [1.807, 2.05) is 44.2 Å². The SMILES string of the molecule is CC(C)=CCN[C@H](CS(C)(=O)=O)c1ccccc1. The lowest BCUT2D eigenvalue weighted by molar-refractivity contribution is 0.570. The molecule has 1 rings (SSSR count). The third-order valence-corrected chi connectivity index (χ3v) is 3.48. The molecule has 0 unspecified atom stereocenters. The molecule has 4 heteroatoms. The van der Waals surface area contributed by atoms with Gasteiger partial charge in [-0.05, 0) is 19.4 Å².